The molecule has 23 heavy (non-hydrogen) atoms. The molecule has 0 radical (unpaired) electrons. The molecule has 1 saturated carbocycles. The zero-order valence-corrected chi connectivity index (χ0v) is 15.3. The summed E-state index contributed by atoms with van der Waals surface area (Å²) in [6, 6.07) is 0.361. The fourth-order valence-electron chi connectivity index (χ4n) is 4.23. The van der Waals surface area contributed by atoms with Gasteiger partial charge in [0, 0.05) is 12.6 Å². The van der Waals surface area contributed by atoms with Crippen molar-refractivity contribution in [3.8, 4) is 0 Å². The maximum atomic E-state index is 12.3. The van der Waals surface area contributed by atoms with Crippen LogP contribution in [-0.2, 0) is 4.79 Å². The molecule has 2 rings (SSSR count). The highest BCUT2D eigenvalue weighted by Crippen LogP contribution is 2.34. The Balaban J connectivity index is 1.75. The van der Waals surface area contributed by atoms with Crippen molar-refractivity contribution in [1.82, 2.24) is 10.2 Å². The predicted molar refractivity (Wildman–Crippen MR) is 94.3 cm³/mol. The quantitative estimate of drug-likeness (QED) is 0.839. The number of amides is 1. The van der Waals surface area contributed by atoms with Crippen molar-refractivity contribution in [2.75, 3.05) is 19.6 Å². The van der Waals surface area contributed by atoms with E-state index in [0.717, 1.165) is 25.8 Å². The summed E-state index contributed by atoms with van der Waals surface area (Å²) in [6.45, 7) is 8.55. The minimum absolute atomic E-state index is 0.132. The third kappa shape index (κ3) is 6.07. The lowest BCUT2D eigenvalue weighted by Gasteiger charge is -2.42. The van der Waals surface area contributed by atoms with Gasteiger partial charge in [-0.05, 0) is 37.1 Å². The molecule has 2 unspecified atom stereocenters. The lowest BCUT2D eigenvalue weighted by Crippen LogP contribution is -2.51. The molecule has 1 amide bonds. The second-order valence-corrected chi connectivity index (χ2v) is 8.67. The molecule has 1 saturated heterocycles. The Morgan fingerprint density at radius 3 is 2.26 bits per heavy atom. The normalized spacial score (nSPS) is 28.9. The molecule has 1 aliphatic carbocycles. The van der Waals surface area contributed by atoms with Gasteiger partial charge in [-0.25, -0.2) is 0 Å². The summed E-state index contributed by atoms with van der Waals surface area (Å²) in [6.07, 6.45) is 9.33. The minimum atomic E-state index is -0.321. The van der Waals surface area contributed by atoms with E-state index in [9.17, 15) is 9.90 Å². The van der Waals surface area contributed by atoms with E-state index in [1.165, 1.54) is 32.1 Å². The molecule has 4 heteroatoms. The van der Waals surface area contributed by atoms with Gasteiger partial charge in [0.15, 0.2) is 0 Å². The summed E-state index contributed by atoms with van der Waals surface area (Å²) < 4.78 is 0. The molecule has 2 fully saturated rings. The van der Waals surface area contributed by atoms with Gasteiger partial charge in [-0.2, -0.15) is 0 Å². The molecule has 134 valence electrons. The molecule has 0 spiro atoms. The van der Waals surface area contributed by atoms with Crippen molar-refractivity contribution in [1.29, 1.82) is 0 Å². The van der Waals surface area contributed by atoms with Gasteiger partial charge in [0.2, 0.25) is 5.91 Å². The summed E-state index contributed by atoms with van der Waals surface area (Å²) in [7, 11) is 0. The van der Waals surface area contributed by atoms with Crippen LogP contribution in [-0.4, -0.2) is 47.7 Å². The molecule has 2 aliphatic rings. The molecule has 2 N–H and O–H groups in total. The van der Waals surface area contributed by atoms with Crippen LogP contribution >= 0.6 is 0 Å². The molecular weight excluding hydrogens is 288 g/mol. The summed E-state index contributed by atoms with van der Waals surface area (Å²) >= 11 is 0. The minimum Gasteiger partial charge on any atom is -0.391 e. The van der Waals surface area contributed by atoms with Crippen LogP contribution in [0.1, 0.15) is 72.1 Å². The summed E-state index contributed by atoms with van der Waals surface area (Å²) in [5, 5.41) is 13.6. The number of aliphatic hydroxyl groups excluding tert-OH is 1. The number of aliphatic hydroxyl groups is 1. The summed E-state index contributed by atoms with van der Waals surface area (Å²) in [5.41, 5.74) is 0.132. The molecule has 2 atom stereocenters. The third-order valence-corrected chi connectivity index (χ3v) is 5.62. The number of nitrogens with one attached hydrogen (secondary N) is 1. The summed E-state index contributed by atoms with van der Waals surface area (Å²) in [4.78, 5) is 14.4. The summed E-state index contributed by atoms with van der Waals surface area (Å²) in [5.74, 6) is 0.462. The van der Waals surface area contributed by atoms with Gasteiger partial charge in [-0.3, -0.25) is 9.69 Å². The molecule has 1 aliphatic heterocycles. The Kier molecular flexibility index (Phi) is 6.90. The molecule has 4 nitrogen and oxygen atoms in total. The van der Waals surface area contributed by atoms with Crippen LogP contribution in [0.15, 0.2) is 0 Å². The number of rotatable bonds is 3. The van der Waals surface area contributed by atoms with E-state index in [-0.39, 0.29) is 17.4 Å². The van der Waals surface area contributed by atoms with Gasteiger partial charge in [0.1, 0.15) is 0 Å². The van der Waals surface area contributed by atoms with Crippen LogP contribution < -0.4 is 5.32 Å². The van der Waals surface area contributed by atoms with Crippen molar-refractivity contribution < 1.29 is 9.90 Å². The van der Waals surface area contributed by atoms with Crippen molar-refractivity contribution in [2.24, 2.45) is 11.3 Å². The number of hydrogen-bond acceptors (Lipinski definition) is 3. The molecule has 0 aromatic rings. The van der Waals surface area contributed by atoms with Crippen molar-refractivity contribution in [2.45, 2.75) is 84.3 Å². The van der Waals surface area contributed by atoms with Crippen LogP contribution in [0.4, 0.5) is 0 Å². The van der Waals surface area contributed by atoms with Gasteiger partial charge in [0.25, 0.3) is 0 Å². The number of carbonyl (C=O) groups excluding carboxylic acids is 1. The second-order valence-electron chi connectivity index (χ2n) is 8.67. The number of carbonyl (C=O) groups is 1. The highest BCUT2D eigenvalue weighted by atomic mass is 16.3. The monoisotopic (exact) mass is 324 g/mol. The Hall–Kier alpha value is -0.610. The van der Waals surface area contributed by atoms with Crippen molar-refractivity contribution in [3.05, 3.63) is 0 Å². The zero-order valence-electron chi connectivity index (χ0n) is 15.3. The van der Waals surface area contributed by atoms with E-state index < -0.39 is 0 Å². The number of likely N-dealkylation sites (tertiary alicyclic amines) is 1. The average Bonchev–Trinajstić information content (AvgIpc) is 2.40. The first kappa shape index (κ1) is 18.7. The van der Waals surface area contributed by atoms with E-state index in [1.807, 2.05) is 0 Å². The largest absolute Gasteiger partial charge is 0.391 e. The first-order valence-electron chi connectivity index (χ1n) is 9.56. The Morgan fingerprint density at radius 2 is 1.70 bits per heavy atom. The topological polar surface area (TPSA) is 52.6 Å². The van der Waals surface area contributed by atoms with E-state index in [4.69, 9.17) is 0 Å². The highest BCUT2D eigenvalue weighted by Gasteiger charge is 2.36. The van der Waals surface area contributed by atoms with Gasteiger partial charge in [-0.15, -0.1) is 0 Å². The Labute approximate surface area is 142 Å². The SMILES string of the molecule is CC(C)(C)C1CCN(CC(=O)NC2CCCCCCC2)CC1O. The average molecular weight is 325 g/mol. The lowest BCUT2D eigenvalue weighted by atomic mass is 9.74. The van der Waals surface area contributed by atoms with Crippen LogP contribution in [0.25, 0.3) is 0 Å². The molecule has 0 bridgehead atoms. The second kappa shape index (κ2) is 8.48. The fraction of sp³-hybridized carbons (Fsp3) is 0.947. The lowest BCUT2D eigenvalue weighted by molar-refractivity contribution is -0.124. The Bertz CT molecular complexity index is 370. The molecular formula is C19H36N2O2. The first-order chi connectivity index (χ1) is 10.9. The van der Waals surface area contributed by atoms with E-state index in [2.05, 4.69) is 31.0 Å². The van der Waals surface area contributed by atoms with E-state index in [1.54, 1.807) is 0 Å². The third-order valence-electron chi connectivity index (χ3n) is 5.62. The van der Waals surface area contributed by atoms with Gasteiger partial charge >= 0.3 is 0 Å². The number of nitrogens with zero attached hydrogens (tertiary/aromatic N) is 1. The standard InChI is InChI=1S/C19H36N2O2/c1-19(2,3)16-11-12-21(13-17(16)22)14-18(23)20-15-9-7-5-4-6-8-10-15/h15-17,22H,4-14H2,1-3H3,(H,20,23). The van der Waals surface area contributed by atoms with Crippen molar-refractivity contribution >= 4 is 5.91 Å². The van der Waals surface area contributed by atoms with Crippen LogP contribution in [0.2, 0.25) is 0 Å². The van der Waals surface area contributed by atoms with Crippen molar-refractivity contribution in [3.63, 3.8) is 0 Å². The smallest absolute Gasteiger partial charge is 0.234 e. The number of β-amino-alcohol motifs (C(OH)–C–C–N with tert-alkyl or cyclic N) is 1. The van der Waals surface area contributed by atoms with Gasteiger partial charge < -0.3 is 10.4 Å². The molecule has 1 heterocycles. The number of piperidine rings is 1. The van der Waals surface area contributed by atoms with E-state index in [0.29, 0.717) is 25.0 Å². The Morgan fingerprint density at radius 1 is 1.09 bits per heavy atom. The predicted octanol–water partition coefficient (Wildman–Crippen LogP) is 2.94. The van der Waals surface area contributed by atoms with Crippen LogP contribution in [0, 0.1) is 11.3 Å². The highest BCUT2D eigenvalue weighted by molar-refractivity contribution is 5.78. The maximum absolute atomic E-state index is 12.3. The molecule has 0 aromatic heterocycles. The zero-order chi connectivity index (χ0) is 16.9. The number of hydrogen-bond donors (Lipinski definition) is 2. The van der Waals surface area contributed by atoms with Crippen LogP contribution in [0.3, 0.4) is 0 Å². The maximum Gasteiger partial charge on any atom is 0.234 e. The van der Waals surface area contributed by atoms with Gasteiger partial charge in [-0.1, -0.05) is 52.9 Å². The van der Waals surface area contributed by atoms with E-state index >= 15 is 0 Å². The van der Waals surface area contributed by atoms with Crippen LogP contribution in [0.5, 0.6) is 0 Å². The fourth-order valence-corrected chi connectivity index (χ4v) is 4.23. The molecule has 0 aromatic carbocycles. The van der Waals surface area contributed by atoms with Gasteiger partial charge in [0.05, 0.1) is 12.6 Å². The first-order valence-corrected chi connectivity index (χ1v) is 9.56.